The zero-order valence-electron chi connectivity index (χ0n) is 28.5. The second kappa shape index (κ2) is 15.9. The maximum absolute atomic E-state index is 2.55. The summed E-state index contributed by atoms with van der Waals surface area (Å²) in [6, 6.07) is 65.1. The smallest absolute Gasteiger partial charge is 1.00 e. The fraction of sp³-hybridized carbons (Fsp3) is 0.0408. The van der Waals surface area contributed by atoms with E-state index in [1.807, 2.05) is 0 Å². The number of hydrogen-bond donors (Lipinski definition) is 0. The van der Waals surface area contributed by atoms with Gasteiger partial charge in [0.2, 0.25) is 0 Å². The van der Waals surface area contributed by atoms with Crippen LogP contribution >= 0.6 is 0 Å². The Morgan fingerprint density at radius 3 is 1.52 bits per heavy atom. The molecular formula is C49H35Cl2Zr. The van der Waals surface area contributed by atoms with E-state index >= 15 is 0 Å². The van der Waals surface area contributed by atoms with Crippen LogP contribution in [-0.4, -0.2) is 3.21 Å². The van der Waals surface area contributed by atoms with Crippen LogP contribution in [0.3, 0.4) is 0 Å². The van der Waals surface area contributed by atoms with Crippen LogP contribution in [0.4, 0.5) is 0 Å². The number of halogens is 2. The molecule has 0 saturated heterocycles. The maximum Gasteiger partial charge on any atom is -1.00 e. The Morgan fingerprint density at radius 1 is 0.462 bits per heavy atom. The van der Waals surface area contributed by atoms with E-state index in [1.54, 1.807) is 3.21 Å². The minimum Gasteiger partial charge on any atom is -1.00 e. The molecule has 0 N–H and O–H groups in total. The summed E-state index contributed by atoms with van der Waals surface area (Å²) >= 11 is -1.37. The zero-order chi connectivity index (χ0) is 33.3. The second-order valence-corrected chi connectivity index (χ2v) is 16.4. The average molecular weight is 786 g/mol. The van der Waals surface area contributed by atoms with Crippen LogP contribution in [-0.2, 0) is 22.8 Å². The molecule has 3 heteroatoms. The number of benzene rings is 7. The van der Waals surface area contributed by atoms with Gasteiger partial charge in [0.05, 0.1) is 0 Å². The Labute approximate surface area is 330 Å². The summed E-state index contributed by atoms with van der Waals surface area (Å²) in [4.78, 5) is 0. The SMILES string of the molecule is C1=CCC(c2c(-c3ccccc3)c(-c3ccccc3)cc3c2[CH]([Zr+2]=[C](c2ccccc2)c2ccccc2)c2cccc(-c4ccccc4)c2-3)=C1.[Cl-].[Cl-]. The third-order valence-corrected chi connectivity index (χ3v) is 14.4. The van der Waals surface area contributed by atoms with Gasteiger partial charge in [0.25, 0.3) is 0 Å². The largest absolute Gasteiger partial charge is 1.00 e. The molecule has 0 amide bonds. The van der Waals surface area contributed by atoms with Crippen molar-refractivity contribution >= 4 is 8.78 Å². The standard InChI is InChI=1S/C36H25.C13H10.2ClH.Zr/c1-4-13-25(14-5-1)30-22-12-21-29-23-32-33(34(29)30)24-31(26-15-6-2-7-16-26)35(27-17-8-3-9-18-27)36(32)28-19-10-11-20-28;1-3-7-12(8-4-1)11-13-9-5-2-6-10-13;;;/h1-19,21-24H,20H2;1-10H;2*1H;/q;;;;+2/p-2. The van der Waals surface area contributed by atoms with Crippen molar-refractivity contribution in [3.63, 3.8) is 0 Å². The molecule has 0 nitrogen and oxygen atoms in total. The molecule has 9 rings (SSSR count). The van der Waals surface area contributed by atoms with Gasteiger partial charge in [-0.3, -0.25) is 0 Å². The van der Waals surface area contributed by atoms with E-state index in [1.165, 1.54) is 77.9 Å². The first-order chi connectivity index (χ1) is 24.8. The average Bonchev–Trinajstić information content (AvgIpc) is 3.85. The quantitative estimate of drug-likeness (QED) is 0.174. The Bertz CT molecular complexity index is 2370. The molecule has 0 saturated carbocycles. The van der Waals surface area contributed by atoms with Gasteiger partial charge in [0, 0.05) is 0 Å². The van der Waals surface area contributed by atoms with E-state index < -0.39 is 22.8 Å². The van der Waals surface area contributed by atoms with Crippen molar-refractivity contribution in [3.8, 4) is 44.5 Å². The van der Waals surface area contributed by atoms with E-state index in [2.05, 4.69) is 194 Å². The van der Waals surface area contributed by atoms with Gasteiger partial charge in [0.15, 0.2) is 0 Å². The molecule has 52 heavy (non-hydrogen) atoms. The van der Waals surface area contributed by atoms with Crippen LogP contribution in [0.2, 0.25) is 0 Å². The molecule has 0 aliphatic heterocycles. The second-order valence-electron chi connectivity index (χ2n) is 13.0. The number of fused-ring (bicyclic) bond motifs is 3. The van der Waals surface area contributed by atoms with E-state index in [0.29, 0.717) is 3.63 Å². The minimum absolute atomic E-state index is 0. The van der Waals surface area contributed by atoms with Gasteiger partial charge in [-0.25, -0.2) is 0 Å². The predicted octanol–water partition coefficient (Wildman–Crippen LogP) is 6.46. The van der Waals surface area contributed by atoms with Gasteiger partial charge in [-0.05, 0) is 0 Å². The van der Waals surface area contributed by atoms with Crippen molar-refractivity contribution in [1.82, 2.24) is 0 Å². The van der Waals surface area contributed by atoms with Crippen molar-refractivity contribution in [2.24, 2.45) is 0 Å². The molecule has 0 fully saturated rings. The van der Waals surface area contributed by atoms with Gasteiger partial charge >= 0.3 is 308 Å². The summed E-state index contributed by atoms with van der Waals surface area (Å²) in [7, 11) is 0. The predicted molar refractivity (Wildman–Crippen MR) is 208 cm³/mol. The fourth-order valence-electron chi connectivity index (χ4n) is 7.88. The molecule has 249 valence electrons. The molecule has 0 aromatic heterocycles. The normalized spacial score (nSPS) is 13.5. The van der Waals surface area contributed by atoms with E-state index in [-0.39, 0.29) is 24.8 Å². The number of allylic oxidation sites excluding steroid dienone is 4. The molecule has 0 radical (unpaired) electrons. The maximum atomic E-state index is 2.55. The van der Waals surface area contributed by atoms with E-state index in [4.69, 9.17) is 0 Å². The molecular weight excluding hydrogens is 751 g/mol. The molecule has 7 aromatic rings. The van der Waals surface area contributed by atoms with Crippen molar-refractivity contribution < 1.29 is 47.6 Å². The molecule has 0 heterocycles. The van der Waals surface area contributed by atoms with Crippen molar-refractivity contribution in [2.45, 2.75) is 10.0 Å². The Morgan fingerprint density at radius 2 is 0.981 bits per heavy atom. The third kappa shape index (κ3) is 6.59. The Balaban J connectivity index is 0.00000210. The van der Waals surface area contributed by atoms with Crippen LogP contribution in [0.5, 0.6) is 0 Å². The topological polar surface area (TPSA) is 0 Å². The summed E-state index contributed by atoms with van der Waals surface area (Å²) in [5.74, 6) is 0. The summed E-state index contributed by atoms with van der Waals surface area (Å²) in [5, 5.41) is 0. The molecule has 2 aliphatic carbocycles. The first-order valence-electron chi connectivity index (χ1n) is 17.5. The van der Waals surface area contributed by atoms with Gasteiger partial charge < -0.3 is 24.8 Å². The third-order valence-electron chi connectivity index (χ3n) is 10.1. The Hall–Kier alpha value is -4.65. The zero-order valence-corrected chi connectivity index (χ0v) is 32.5. The first kappa shape index (κ1) is 35.7. The number of rotatable bonds is 7. The van der Waals surface area contributed by atoms with E-state index in [0.717, 1.165) is 6.42 Å². The molecule has 7 aromatic carbocycles. The van der Waals surface area contributed by atoms with Gasteiger partial charge in [-0.2, -0.15) is 0 Å². The summed E-state index contributed by atoms with van der Waals surface area (Å²) in [6.45, 7) is 0. The van der Waals surface area contributed by atoms with Crippen LogP contribution < -0.4 is 24.8 Å². The molecule has 1 unspecified atom stereocenters. The Kier molecular flexibility index (Phi) is 11.0. The monoisotopic (exact) mass is 783 g/mol. The summed E-state index contributed by atoms with van der Waals surface area (Å²) in [6.07, 6.45) is 7.89. The molecule has 0 bridgehead atoms. The van der Waals surface area contributed by atoms with Crippen LogP contribution in [0.25, 0.3) is 50.1 Å². The minimum atomic E-state index is -1.37. The van der Waals surface area contributed by atoms with E-state index in [9.17, 15) is 0 Å². The summed E-state index contributed by atoms with van der Waals surface area (Å²) in [5.41, 5.74) is 19.1. The van der Waals surface area contributed by atoms with Gasteiger partial charge in [0.1, 0.15) is 0 Å². The van der Waals surface area contributed by atoms with Crippen LogP contribution in [0, 0.1) is 0 Å². The molecule has 0 spiro atoms. The molecule has 2 aliphatic rings. The first-order valence-corrected chi connectivity index (χ1v) is 20.1. The van der Waals surface area contributed by atoms with Crippen LogP contribution in [0.15, 0.2) is 194 Å². The number of hydrogen-bond acceptors (Lipinski definition) is 0. The van der Waals surface area contributed by atoms with Gasteiger partial charge in [-0.15, -0.1) is 0 Å². The van der Waals surface area contributed by atoms with Gasteiger partial charge in [-0.1, -0.05) is 0 Å². The van der Waals surface area contributed by atoms with Crippen molar-refractivity contribution in [1.29, 1.82) is 0 Å². The molecule has 1 atom stereocenters. The fourth-order valence-corrected chi connectivity index (χ4v) is 12.3. The summed E-state index contributed by atoms with van der Waals surface area (Å²) < 4.78 is 1.87. The van der Waals surface area contributed by atoms with Crippen LogP contribution in [0.1, 0.15) is 37.9 Å². The van der Waals surface area contributed by atoms with Crippen molar-refractivity contribution in [3.05, 3.63) is 222 Å². The van der Waals surface area contributed by atoms with Crippen molar-refractivity contribution in [2.75, 3.05) is 0 Å².